The fourth-order valence-electron chi connectivity index (χ4n) is 0.751. The third-order valence-electron chi connectivity index (χ3n) is 1.29. The molecule has 0 aliphatic rings. The van der Waals surface area contributed by atoms with Gasteiger partial charge in [-0.2, -0.15) is 5.26 Å². The predicted octanol–water partition coefficient (Wildman–Crippen LogP) is 2.59. The minimum Gasteiger partial charge on any atom is -0.486 e. The third kappa shape index (κ3) is 1.32. The van der Waals surface area contributed by atoms with Crippen LogP contribution in [0.4, 0.5) is 0 Å². The first-order valence-electron chi connectivity index (χ1n) is 2.93. The lowest BCUT2D eigenvalue weighted by Crippen LogP contribution is -1.77. The van der Waals surface area contributed by atoms with Gasteiger partial charge in [-0.25, -0.2) is 0 Å². The average Bonchev–Trinajstić information content (AvgIpc) is 2.26. The van der Waals surface area contributed by atoms with Crippen molar-refractivity contribution in [3.05, 3.63) is 15.5 Å². The van der Waals surface area contributed by atoms with E-state index in [1.54, 1.807) is 0 Å². The van der Waals surface area contributed by atoms with Gasteiger partial charge >= 0.3 is 0 Å². The van der Waals surface area contributed by atoms with Crippen LogP contribution in [0.15, 0.2) is 0 Å². The molecule has 0 saturated heterocycles. The number of nitriles is 1. The minimum atomic E-state index is 0.428. The molecule has 1 aromatic heterocycles. The Morgan fingerprint density at radius 1 is 1.64 bits per heavy atom. The molecule has 0 unspecified atom stereocenters. The molecule has 0 amide bonds. The lowest BCUT2D eigenvalue weighted by molar-refractivity contribution is 0.427. The SMILES string of the molecule is COc1sc(C)c(C#N)c1Cl. The van der Waals surface area contributed by atoms with E-state index in [0.29, 0.717) is 15.6 Å². The van der Waals surface area contributed by atoms with Gasteiger partial charge in [-0.05, 0) is 6.92 Å². The second kappa shape index (κ2) is 3.12. The van der Waals surface area contributed by atoms with Crippen molar-refractivity contribution < 1.29 is 4.74 Å². The highest BCUT2D eigenvalue weighted by atomic mass is 35.5. The number of methoxy groups -OCH3 is 1. The number of ether oxygens (including phenoxy) is 1. The van der Waals surface area contributed by atoms with Gasteiger partial charge < -0.3 is 4.74 Å². The molecule has 0 bridgehead atoms. The average molecular weight is 188 g/mol. The first-order valence-corrected chi connectivity index (χ1v) is 4.13. The highest BCUT2D eigenvalue weighted by Crippen LogP contribution is 2.38. The number of hydrogen-bond acceptors (Lipinski definition) is 3. The van der Waals surface area contributed by atoms with E-state index in [-0.39, 0.29) is 0 Å². The van der Waals surface area contributed by atoms with Crippen molar-refractivity contribution in [2.45, 2.75) is 6.92 Å². The summed E-state index contributed by atoms with van der Waals surface area (Å²) in [5.74, 6) is 0. The second-order valence-corrected chi connectivity index (χ2v) is 3.52. The maximum absolute atomic E-state index is 8.62. The summed E-state index contributed by atoms with van der Waals surface area (Å²) in [6.45, 7) is 1.84. The molecule has 0 aliphatic heterocycles. The van der Waals surface area contributed by atoms with Gasteiger partial charge in [0.25, 0.3) is 0 Å². The predicted molar refractivity (Wildman–Crippen MR) is 45.3 cm³/mol. The van der Waals surface area contributed by atoms with E-state index in [1.165, 1.54) is 18.4 Å². The van der Waals surface area contributed by atoms with E-state index >= 15 is 0 Å². The Balaban J connectivity index is 3.28. The molecule has 0 spiro atoms. The number of hydrogen-bond donors (Lipinski definition) is 0. The van der Waals surface area contributed by atoms with Crippen LogP contribution in [0.3, 0.4) is 0 Å². The molecule has 0 fully saturated rings. The summed E-state index contributed by atoms with van der Waals surface area (Å²) in [7, 11) is 1.54. The number of halogens is 1. The number of nitrogens with zero attached hydrogens (tertiary/aromatic N) is 1. The van der Waals surface area contributed by atoms with Crippen molar-refractivity contribution in [1.82, 2.24) is 0 Å². The molecule has 0 saturated carbocycles. The summed E-state index contributed by atoms with van der Waals surface area (Å²) in [5, 5.41) is 9.66. The number of rotatable bonds is 1. The summed E-state index contributed by atoms with van der Waals surface area (Å²) >= 11 is 7.18. The van der Waals surface area contributed by atoms with Crippen LogP contribution in [0, 0.1) is 18.3 Å². The van der Waals surface area contributed by atoms with Crippen LogP contribution < -0.4 is 4.74 Å². The van der Waals surface area contributed by atoms with Crippen LogP contribution in [0.1, 0.15) is 10.4 Å². The molecule has 0 aromatic carbocycles. The van der Waals surface area contributed by atoms with E-state index in [4.69, 9.17) is 21.6 Å². The molecular weight excluding hydrogens is 182 g/mol. The molecule has 0 radical (unpaired) electrons. The minimum absolute atomic E-state index is 0.428. The Kier molecular flexibility index (Phi) is 2.38. The summed E-state index contributed by atoms with van der Waals surface area (Å²) in [4.78, 5) is 0.898. The fourth-order valence-corrected chi connectivity index (χ4v) is 1.99. The Bertz CT molecular complexity index is 313. The van der Waals surface area contributed by atoms with Gasteiger partial charge in [0.05, 0.1) is 12.7 Å². The van der Waals surface area contributed by atoms with E-state index in [0.717, 1.165) is 4.88 Å². The van der Waals surface area contributed by atoms with Gasteiger partial charge in [0.1, 0.15) is 11.1 Å². The molecule has 2 nitrogen and oxygen atoms in total. The van der Waals surface area contributed by atoms with Crippen LogP contribution in [-0.2, 0) is 0 Å². The van der Waals surface area contributed by atoms with Crippen molar-refractivity contribution in [3.63, 3.8) is 0 Å². The van der Waals surface area contributed by atoms with Crippen molar-refractivity contribution in [1.29, 1.82) is 5.26 Å². The molecule has 0 aliphatic carbocycles. The van der Waals surface area contributed by atoms with Gasteiger partial charge in [0.15, 0.2) is 5.06 Å². The monoisotopic (exact) mass is 187 g/mol. The largest absolute Gasteiger partial charge is 0.486 e. The maximum Gasteiger partial charge on any atom is 0.194 e. The summed E-state index contributed by atoms with van der Waals surface area (Å²) in [5.41, 5.74) is 0.522. The summed E-state index contributed by atoms with van der Waals surface area (Å²) < 4.78 is 4.94. The van der Waals surface area contributed by atoms with Gasteiger partial charge in [0.2, 0.25) is 0 Å². The smallest absolute Gasteiger partial charge is 0.194 e. The lowest BCUT2D eigenvalue weighted by Gasteiger charge is -1.91. The van der Waals surface area contributed by atoms with E-state index < -0.39 is 0 Å². The Labute approximate surface area is 74.0 Å². The van der Waals surface area contributed by atoms with Gasteiger partial charge in [0, 0.05) is 4.88 Å². The molecule has 1 rings (SSSR count). The van der Waals surface area contributed by atoms with Gasteiger partial charge in [-0.1, -0.05) is 11.6 Å². The van der Waals surface area contributed by atoms with Crippen molar-refractivity contribution in [2.24, 2.45) is 0 Å². The zero-order chi connectivity index (χ0) is 8.43. The van der Waals surface area contributed by atoms with Crippen LogP contribution in [0.5, 0.6) is 5.06 Å². The quantitative estimate of drug-likeness (QED) is 0.677. The standard InChI is InChI=1S/C7H6ClNOS/c1-4-5(3-9)6(8)7(10-2)11-4/h1-2H3. The molecule has 1 aromatic rings. The number of thiophene rings is 1. The maximum atomic E-state index is 8.62. The van der Waals surface area contributed by atoms with Crippen molar-refractivity contribution in [3.8, 4) is 11.1 Å². The number of aryl methyl sites for hydroxylation is 1. The molecular formula is C7H6ClNOS. The summed E-state index contributed by atoms with van der Waals surface area (Å²) in [6, 6.07) is 2.02. The molecule has 4 heteroatoms. The zero-order valence-corrected chi connectivity index (χ0v) is 7.71. The van der Waals surface area contributed by atoms with Gasteiger partial charge in [-0.15, -0.1) is 11.3 Å². The highest BCUT2D eigenvalue weighted by molar-refractivity contribution is 7.14. The Morgan fingerprint density at radius 2 is 2.27 bits per heavy atom. The first-order chi connectivity index (χ1) is 5.20. The first kappa shape index (κ1) is 8.38. The normalized spacial score (nSPS) is 9.27. The van der Waals surface area contributed by atoms with Crippen molar-refractivity contribution in [2.75, 3.05) is 7.11 Å². The summed E-state index contributed by atoms with van der Waals surface area (Å²) in [6.07, 6.45) is 0. The van der Waals surface area contributed by atoms with E-state index in [9.17, 15) is 0 Å². The van der Waals surface area contributed by atoms with Crippen LogP contribution >= 0.6 is 22.9 Å². The Hall–Kier alpha value is -0.720. The van der Waals surface area contributed by atoms with Crippen LogP contribution in [0.2, 0.25) is 5.02 Å². The molecule has 0 N–H and O–H groups in total. The third-order valence-corrected chi connectivity index (χ3v) is 2.83. The molecule has 11 heavy (non-hydrogen) atoms. The molecule has 58 valence electrons. The Morgan fingerprint density at radius 3 is 2.55 bits per heavy atom. The topological polar surface area (TPSA) is 33.0 Å². The molecule has 1 heterocycles. The van der Waals surface area contributed by atoms with Crippen LogP contribution in [-0.4, -0.2) is 7.11 Å². The van der Waals surface area contributed by atoms with E-state index in [1.807, 2.05) is 13.0 Å². The van der Waals surface area contributed by atoms with Crippen LogP contribution in [0.25, 0.3) is 0 Å². The van der Waals surface area contributed by atoms with E-state index in [2.05, 4.69) is 0 Å². The lowest BCUT2D eigenvalue weighted by atomic mass is 10.3. The fraction of sp³-hybridized carbons (Fsp3) is 0.286. The zero-order valence-electron chi connectivity index (χ0n) is 6.14. The van der Waals surface area contributed by atoms with Crippen molar-refractivity contribution >= 4 is 22.9 Å². The highest BCUT2D eigenvalue weighted by Gasteiger charge is 2.13. The second-order valence-electron chi connectivity index (χ2n) is 1.95. The van der Waals surface area contributed by atoms with Gasteiger partial charge in [-0.3, -0.25) is 0 Å². The molecule has 0 atom stereocenters.